The van der Waals surface area contributed by atoms with Crippen molar-refractivity contribution in [3.63, 3.8) is 0 Å². The largest absolute Gasteiger partial charge is 0.504 e. The van der Waals surface area contributed by atoms with Gasteiger partial charge in [0, 0.05) is 23.1 Å². The van der Waals surface area contributed by atoms with Crippen LogP contribution in [0.25, 0.3) is 11.3 Å². The molecule has 0 spiro atoms. The lowest BCUT2D eigenvalue weighted by atomic mass is 10.1. The van der Waals surface area contributed by atoms with E-state index >= 15 is 0 Å². The van der Waals surface area contributed by atoms with Crippen LogP contribution in [0.1, 0.15) is 32.1 Å². The first kappa shape index (κ1) is 16.5. The number of nitrogens with zero attached hydrogens (tertiary/aromatic N) is 3. The molecular weight excluding hydrogens is 330 g/mol. The third-order valence-corrected chi connectivity index (χ3v) is 6.96. The zero-order chi connectivity index (χ0) is 16.1. The highest BCUT2D eigenvalue weighted by Gasteiger charge is 2.15. The molecule has 1 aromatic heterocycles. The fourth-order valence-corrected chi connectivity index (χ4v) is 5.64. The van der Waals surface area contributed by atoms with Gasteiger partial charge in [-0.05, 0) is 37.5 Å². The third kappa shape index (κ3) is 4.57. The normalized spacial score (nSPS) is 17.7. The summed E-state index contributed by atoms with van der Waals surface area (Å²) in [6.07, 6.45) is 8.18. The minimum Gasteiger partial charge on any atom is -0.504 e. The van der Waals surface area contributed by atoms with E-state index in [4.69, 9.17) is 0 Å². The van der Waals surface area contributed by atoms with Crippen molar-refractivity contribution in [2.45, 2.75) is 43.9 Å². The van der Waals surface area contributed by atoms with Crippen LogP contribution in [0.2, 0.25) is 0 Å². The monoisotopic (exact) mass is 351 g/mol. The maximum Gasteiger partial charge on any atom is 0.158 e. The maximum atomic E-state index is 9.55. The van der Waals surface area contributed by atoms with Crippen molar-refractivity contribution in [3.8, 4) is 22.8 Å². The Morgan fingerprint density at radius 1 is 1.17 bits per heavy atom. The summed E-state index contributed by atoms with van der Waals surface area (Å²) in [6.45, 7) is 0.865. The molecule has 1 unspecified atom stereocenters. The Morgan fingerprint density at radius 3 is 2.87 bits per heavy atom. The lowest BCUT2D eigenvalue weighted by Crippen LogP contribution is -2.00. The molecule has 1 atom stereocenters. The first-order valence-electron chi connectivity index (χ1n) is 7.93. The number of phenols is 2. The molecule has 0 amide bonds. The first-order valence-corrected chi connectivity index (χ1v) is 10.3. The SMILES string of the molecule is Oc1ccc(-c2cn(CCCCCC3CCSS3)nn2)cc1O. The average molecular weight is 351 g/mol. The minimum absolute atomic E-state index is 0.125. The van der Waals surface area contributed by atoms with Gasteiger partial charge in [0.15, 0.2) is 11.5 Å². The standard InChI is InChI=1S/C16H21N3O2S2/c20-15-6-5-12(10-16(15)21)14-11-19(18-17-14)8-3-1-2-4-13-7-9-22-23-13/h5-6,10-11,13,20-21H,1-4,7-9H2. The molecule has 5 nitrogen and oxygen atoms in total. The second-order valence-electron chi connectivity index (χ2n) is 5.75. The molecule has 1 aliphatic heterocycles. The summed E-state index contributed by atoms with van der Waals surface area (Å²) in [5.74, 6) is 1.05. The molecule has 1 aliphatic rings. The van der Waals surface area contributed by atoms with E-state index < -0.39 is 0 Å². The van der Waals surface area contributed by atoms with Crippen molar-refractivity contribution < 1.29 is 10.2 Å². The van der Waals surface area contributed by atoms with Crippen LogP contribution in [-0.2, 0) is 6.54 Å². The van der Waals surface area contributed by atoms with Gasteiger partial charge in [-0.15, -0.1) is 5.10 Å². The fourth-order valence-electron chi connectivity index (χ4n) is 2.61. The number of aromatic hydroxyl groups is 2. The Hall–Kier alpha value is -1.34. The highest BCUT2D eigenvalue weighted by Crippen LogP contribution is 2.39. The average Bonchev–Trinajstić information content (AvgIpc) is 3.21. The van der Waals surface area contributed by atoms with Crippen molar-refractivity contribution >= 4 is 21.6 Å². The predicted molar refractivity (Wildman–Crippen MR) is 95.7 cm³/mol. The quantitative estimate of drug-likeness (QED) is 0.445. The van der Waals surface area contributed by atoms with Crippen LogP contribution < -0.4 is 0 Å². The van der Waals surface area contributed by atoms with Crippen LogP contribution >= 0.6 is 21.6 Å². The van der Waals surface area contributed by atoms with Crippen LogP contribution in [0.3, 0.4) is 0 Å². The molecule has 1 saturated heterocycles. The number of hydrogen-bond acceptors (Lipinski definition) is 6. The van der Waals surface area contributed by atoms with E-state index in [2.05, 4.69) is 21.1 Å². The molecule has 1 fully saturated rings. The number of benzene rings is 1. The second kappa shape index (κ2) is 7.97. The van der Waals surface area contributed by atoms with E-state index in [0.717, 1.165) is 23.8 Å². The lowest BCUT2D eigenvalue weighted by Gasteiger charge is -2.06. The van der Waals surface area contributed by atoms with Crippen LogP contribution in [0.5, 0.6) is 11.5 Å². The Balaban J connectivity index is 1.44. The van der Waals surface area contributed by atoms with Crippen molar-refractivity contribution in [1.82, 2.24) is 15.0 Å². The summed E-state index contributed by atoms with van der Waals surface area (Å²) < 4.78 is 1.85. The van der Waals surface area contributed by atoms with Gasteiger partial charge in [0.25, 0.3) is 0 Å². The number of aromatic nitrogens is 3. The fraction of sp³-hybridized carbons (Fsp3) is 0.500. The van der Waals surface area contributed by atoms with Crippen molar-refractivity contribution in [1.29, 1.82) is 0 Å². The topological polar surface area (TPSA) is 71.2 Å². The summed E-state index contributed by atoms with van der Waals surface area (Å²) in [6, 6.07) is 4.69. The van der Waals surface area contributed by atoms with Gasteiger partial charge in [0.05, 0.1) is 6.20 Å². The van der Waals surface area contributed by atoms with Gasteiger partial charge in [-0.2, -0.15) is 0 Å². The van der Waals surface area contributed by atoms with Crippen LogP contribution in [0.15, 0.2) is 24.4 Å². The molecule has 0 radical (unpaired) electrons. The Labute approximate surface area is 143 Å². The van der Waals surface area contributed by atoms with Crippen molar-refractivity contribution in [2.24, 2.45) is 0 Å². The molecule has 23 heavy (non-hydrogen) atoms. The van der Waals surface area contributed by atoms with Gasteiger partial charge in [-0.3, -0.25) is 4.68 Å². The number of aryl methyl sites for hydroxylation is 1. The van der Waals surface area contributed by atoms with E-state index in [-0.39, 0.29) is 11.5 Å². The molecule has 0 bridgehead atoms. The molecule has 2 N–H and O–H groups in total. The molecule has 7 heteroatoms. The highest BCUT2D eigenvalue weighted by atomic mass is 33.1. The molecule has 0 aliphatic carbocycles. The van der Waals surface area contributed by atoms with Gasteiger partial charge in [0.1, 0.15) is 5.69 Å². The van der Waals surface area contributed by atoms with Crippen molar-refractivity contribution in [2.75, 3.05) is 5.75 Å². The van der Waals surface area contributed by atoms with Crippen molar-refractivity contribution in [3.05, 3.63) is 24.4 Å². The molecule has 2 aromatic rings. The van der Waals surface area contributed by atoms with Gasteiger partial charge in [-0.25, -0.2) is 0 Å². The Morgan fingerprint density at radius 2 is 2.09 bits per heavy atom. The molecule has 124 valence electrons. The number of unbranched alkanes of at least 4 members (excludes halogenated alkanes) is 2. The van der Waals surface area contributed by atoms with E-state index in [1.807, 2.05) is 21.7 Å². The van der Waals surface area contributed by atoms with Gasteiger partial charge in [-0.1, -0.05) is 39.6 Å². The molecular formula is C16H21N3O2S2. The van der Waals surface area contributed by atoms with E-state index in [9.17, 15) is 10.2 Å². The molecule has 0 saturated carbocycles. The number of rotatable bonds is 7. The van der Waals surface area contributed by atoms with Gasteiger partial charge >= 0.3 is 0 Å². The van der Waals surface area contributed by atoms with Gasteiger partial charge in [0.2, 0.25) is 0 Å². The van der Waals surface area contributed by atoms with E-state index in [1.165, 1.54) is 43.6 Å². The third-order valence-electron chi connectivity index (χ3n) is 3.95. The lowest BCUT2D eigenvalue weighted by molar-refractivity contribution is 0.404. The summed E-state index contributed by atoms with van der Waals surface area (Å²) in [5, 5.41) is 28.0. The summed E-state index contributed by atoms with van der Waals surface area (Å²) >= 11 is 0. The highest BCUT2D eigenvalue weighted by molar-refractivity contribution is 8.77. The molecule has 3 rings (SSSR count). The van der Waals surface area contributed by atoms with E-state index in [0.29, 0.717) is 5.69 Å². The van der Waals surface area contributed by atoms with Crippen LogP contribution in [0, 0.1) is 0 Å². The predicted octanol–water partition coefficient (Wildman–Crippen LogP) is 4.07. The summed E-state index contributed by atoms with van der Waals surface area (Å²) in [7, 11) is 4.06. The smallest absolute Gasteiger partial charge is 0.158 e. The number of phenolic OH excluding ortho intramolecular Hbond substituents is 2. The molecule has 2 heterocycles. The Kier molecular flexibility index (Phi) is 5.72. The number of hydrogen-bond donors (Lipinski definition) is 2. The maximum absolute atomic E-state index is 9.55. The van der Waals surface area contributed by atoms with Crippen LogP contribution in [0.4, 0.5) is 0 Å². The van der Waals surface area contributed by atoms with Crippen LogP contribution in [-0.4, -0.2) is 36.2 Å². The first-order chi connectivity index (χ1) is 11.2. The zero-order valence-corrected chi connectivity index (χ0v) is 14.5. The molecule has 1 aromatic carbocycles. The van der Waals surface area contributed by atoms with E-state index in [1.54, 1.807) is 6.07 Å². The van der Waals surface area contributed by atoms with Gasteiger partial charge < -0.3 is 10.2 Å². The summed E-state index contributed by atoms with van der Waals surface area (Å²) in [5.41, 5.74) is 1.46. The minimum atomic E-state index is -0.139. The Bertz CT molecular complexity index is 642. The second-order valence-corrected chi connectivity index (χ2v) is 8.54. The zero-order valence-electron chi connectivity index (χ0n) is 12.9. The summed E-state index contributed by atoms with van der Waals surface area (Å²) in [4.78, 5) is 0.